The summed E-state index contributed by atoms with van der Waals surface area (Å²) >= 11 is 1.73. The maximum atomic E-state index is 9.38. The third kappa shape index (κ3) is 2.35. The van der Waals surface area contributed by atoms with Gasteiger partial charge in [0.05, 0.1) is 6.04 Å². The minimum Gasteiger partial charge on any atom is -0.508 e. The molecule has 2 heterocycles. The van der Waals surface area contributed by atoms with E-state index in [0.717, 1.165) is 24.3 Å². The van der Waals surface area contributed by atoms with Gasteiger partial charge in [-0.2, -0.15) is 11.3 Å². The predicted octanol–water partition coefficient (Wildman–Crippen LogP) is 2.72. The van der Waals surface area contributed by atoms with Gasteiger partial charge in [-0.05, 0) is 47.5 Å². The molecule has 0 saturated heterocycles. The molecule has 0 bridgehead atoms. The summed E-state index contributed by atoms with van der Waals surface area (Å²) in [6.45, 7) is 1.58. The molecule has 4 heteroatoms. The van der Waals surface area contributed by atoms with Crippen molar-refractivity contribution in [2.45, 2.75) is 12.5 Å². The summed E-state index contributed by atoms with van der Waals surface area (Å²) in [6, 6.07) is 7.71. The summed E-state index contributed by atoms with van der Waals surface area (Å²) in [5.41, 5.74) is 2.51. The molecule has 0 radical (unpaired) electrons. The lowest BCUT2D eigenvalue weighted by Crippen LogP contribution is -2.24. The molecule has 1 aliphatic heterocycles. The van der Waals surface area contributed by atoms with Gasteiger partial charge in [0.2, 0.25) is 0 Å². The topological polar surface area (TPSA) is 41.5 Å². The monoisotopic (exact) mass is 261 g/mol. The van der Waals surface area contributed by atoms with Crippen molar-refractivity contribution in [2.24, 2.45) is 0 Å². The summed E-state index contributed by atoms with van der Waals surface area (Å²) < 4.78 is 5.56. The van der Waals surface area contributed by atoms with Crippen LogP contribution in [0.4, 0.5) is 0 Å². The average Bonchev–Trinajstić information content (AvgIpc) is 2.99. The van der Waals surface area contributed by atoms with Gasteiger partial charge < -0.3 is 15.2 Å². The maximum Gasteiger partial charge on any atom is 0.127 e. The highest BCUT2D eigenvalue weighted by Crippen LogP contribution is 2.34. The normalized spacial score (nSPS) is 17.4. The van der Waals surface area contributed by atoms with E-state index in [4.69, 9.17) is 4.74 Å². The zero-order valence-electron chi connectivity index (χ0n) is 9.93. The number of hydrogen-bond acceptors (Lipinski definition) is 4. The molecule has 0 amide bonds. The molecule has 1 unspecified atom stereocenters. The molecular weight excluding hydrogens is 246 g/mol. The van der Waals surface area contributed by atoms with Crippen LogP contribution >= 0.6 is 11.3 Å². The Morgan fingerprint density at radius 2 is 2.33 bits per heavy atom. The first kappa shape index (κ1) is 11.6. The van der Waals surface area contributed by atoms with Crippen LogP contribution in [-0.2, 0) is 6.42 Å². The Bertz CT molecular complexity index is 525. The van der Waals surface area contributed by atoms with E-state index >= 15 is 0 Å². The van der Waals surface area contributed by atoms with E-state index in [-0.39, 0.29) is 11.8 Å². The van der Waals surface area contributed by atoms with Crippen LogP contribution < -0.4 is 10.1 Å². The molecule has 3 nitrogen and oxygen atoms in total. The predicted molar refractivity (Wildman–Crippen MR) is 72.4 cm³/mol. The highest BCUT2D eigenvalue weighted by atomic mass is 32.1. The second-order valence-electron chi connectivity index (χ2n) is 4.42. The van der Waals surface area contributed by atoms with Crippen LogP contribution in [0.2, 0.25) is 0 Å². The van der Waals surface area contributed by atoms with E-state index in [1.54, 1.807) is 23.5 Å². The van der Waals surface area contributed by atoms with E-state index in [9.17, 15) is 5.11 Å². The van der Waals surface area contributed by atoms with Crippen molar-refractivity contribution in [3.63, 3.8) is 0 Å². The molecule has 18 heavy (non-hydrogen) atoms. The third-order valence-electron chi connectivity index (χ3n) is 3.16. The van der Waals surface area contributed by atoms with E-state index in [1.807, 2.05) is 6.07 Å². The van der Waals surface area contributed by atoms with Crippen LogP contribution in [0.25, 0.3) is 0 Å². The Morgan fingerprint density at radius 3 is 3.17 bits per heavy atom. The molecule has 1 aromatic carbocycles. The number of fused-ring (bicyclic) bond motifs is 1. The van der Waals surface area contributed by atoms with Gasteiger partial charge in [-0.3, -0.25) is 0 Å². The van der Waals surface area contributed by atoms with Crippen LogP contribution in [0.3, 0.4) is 0 Å². The Hall–Kier alpha value is -1.52. The van der Waals surface area contributed by atoms with Crippen LogP contribution in [0.1, 0.15) is 17.2 Å². The van der Waals surface area contributed by atoms with Gasteiger partial charge in [-0.1, -0.05) is 0 Å². The van der Waals surface area contributed by atoms with Crippen molar-refractivity contribution in [1.82, 2.24) is 5.32 Å². The van der Waals surface area contributed by atoms with Crippen LogP contribution in [0, 0.1) is 0 Å². The number of nitrogens with one attached hydrogen (secondary N) is 1. The van der Waals surface area contributed by atoms with E-state index in [0.29, 0.717) is 6.61 Å². The van der Waals surface area contributed by atoms with E-state index < -0.39 is 0 Å². The second kappa shape index (κ2) is 5.00. The number of benzene rings is 1. The Labute approximate surface area is 110 Å². The second-order valence-corrected chi connectivity index (χ2v) is 5.20. The fourth-order valence-electron chi connectivity index (χ4n) is 2.19. The van der Waals surface area contributed by atoms with Gasteiger partial charge in [0.25, 0.3) is 0 Å². The van der Waals surface area contributed by atoms with E-state index in [2.05, 4.69) is 22.1 Å². The van der Waals surface area contributed by atoms with Gasteiger partial charge in [0, 0.05) is 11.6 Å². The standard InChI is InChI=1S/C14H15NO2S/c16-11-1-2-12-13(8-17-14(12)7-11)15-5-3-10-4-6-18-9-10/h1-2,4,6-7,9,13,15-16H,3,5,8H2. The number of thiophene rings is 1. The number of ether oxygens (including phenoxy) is 1. The number of phenols is 1. The molecule has 0 saturated carbocycles. The molecule has 1 aromatic heterocycles. The summed E-state index contributed by atoms with van der Waals surface area (Å²) in [4.78, 5) is 0. The fourth-order valence-corrected chi connectivity index (χ4v) is 2.90. The van der Waals surface area contributed by atoms with Gasteiger partial charge in [-0.25, -0.2) is 0 Å². The summed E-state index contributed by atoms with van der Waals surface area (Å²) in [6.07, 6.45) is 1.04. The summed E-state index contributed by atoms with van der Waals surface area (Å²) in [7, 11) is 0. The Morgan fingerprint density at radius 1 is 1.39 bits per heavy atom. The van der Waals surface area contributed by atoms with Gasteiger partial charge in [0.15, 0.2) is 0 Å². The molecular formula is C14H15NO2S. The van der Waals surface area contributed by atoms with Crippen molar-refractivity contribution >= 4 is 11.3 Å². The molecule has 2 N–H and O–H groups in total. The van der Waals surface area contributed by atoms with Crippen molar-refractivity contribution in [2.75, 3.05) is 13.2 Å². The molecule has 0 fully saturated rings. The van der Waals surface area contributed by atoms with Gasteiger partial charge >= 0.3 is 0 Å². The van der Waals surface area contributed by atoms with Crippen molar-refractivity contribution in [1.29, 1.82) is 0 Å². The molecule has 0 aliphatic carbocycles. The Balaban J connectivity index is 1.59. The largest absolute Gasteiger partial charge is 0.508 e. The van der Waals surface area contributed by atoms with Crippen molar-refractivity contribution in [3.05, 3.63) is 46.2 Å². The quantitative estimate of drug-likeness (QED) is 0.889. The fraction of sp³-hybridized carbons (Fsp3) is 0.286. The summed E-state index contributed by atoms with van der Waals surface area (Å²) in [5, 5.41) is 17.2. The molecule has 2 aromatic rings. The van der Waals surface area contributed by atoms with Crippen molar-refractivity contribution in [3.8, 4) is 11.5 Å². The minimum absolute atomic E-state index is 0.235. The van der Waals surface area contributed by atoms with E-state index in [1.165, 1.54) is 5.56 Å². The first-order valence-corrected chi connectivity index (χ1v) is 6.97. The Kier molecular flexibility index (Phi) is 3.21. The van der Waals surface area contributed by atoms with Crippen molar-refractivity contribution < 1.29 is 9.84 Å². The zero-order valence-corrected chi connectivity index (χ0v) is 10.7. The summed E-state index contributed by atoms with van der Waals surface area (Å²) in [5.74, 6) is 1.05. The highest BCUT2D eigenvalue weighted by molar-refractivity contribution is 7.07. The lowest BCUT2D eigenvalue weighted by atomic mass is 10.1. The molecule has 0 spiro atoms. The molecule has 1 aliphatic rings. The number of aromatic hydroxyl groups is 1. The van der Waals surface area contributed by atoms with Crippen LogP contribution in [0.15, 0.2) is 35.0 Å². The number of hydrogen-bond donors (Lipinski definition) is 2. The average molecular weight is 261 g/mol. The first-order valence-electron chi connectivity index (χ1n) is 6.03. The van der Waals surface area contributed by atoms with Gasteiger partial charge in [-0.15, -0.1) is 0 Å². The van der Waals surface area contributed by atoms with Gasteiger partial charge in [0.1, 0.15) is 18.1 Å². The number of phenolic OH excluding ortho intramolecular Hbond substituents is 1. The lowest BCUT2D eigenvalue weighted by molar-refractivity contribution is 0.311. The minimum atomic E-state index is 0.235. The molecule has 3 rings (SSSR count). The smallest absolute Gasteiger partial charge is 0.127 e. The SMILES string of the molecule is Oc1ccc2c(c1)OCC2NCCc1ccsc1. The molecule has 94 valence electrons. The third-order valence-corrected chi connectivity index (χ3v) is 3.89. The van der Waals surface area contributed by atoms with Crippen LogP contribution in [-0.4, -0.2) is 18.3 Å². The van der Waals surface area contributed by atoms with Crippen LogP contribution in [0.5, 0.6) is 11.5 Å². The lowest BCUT2D eigenvalue weighted by Gasteiger charge is -2.10. The maximum absolute atomic E-state index is 9.38. The molecule has 1 atom stereocenters. The number of rotatable bonds is 4. The highest BCUT2D eigenvalue weighted by Gasteiger charge is 2.23. The zero-order chi connectivity index (χ0) is 12.4. The first-order chi connectivity index (χ1) is 8.83.